The van der Waals surface area contributed by atoms with Gasteiger partial charge in [-0.3, -0.25) is 0 Å². The molecular weight excluding hydrogens is 303 g/mol. The normalized spacial score (nSPS) is 21.2. The van der Waals surface area contributed by atoms with E-state index < -0.39 is 5.67 Å². The van der Waals surface area contributed by atoms with Gasteiger partial charge in [-0.1, -0.05) is 30.3 Å². The Morgan fingerprint density at radius 3 is 2.75 bits per heavy atom. The van der Waals surface area contributed by atoms with E-state index in [2.05, 4.69) is 10.4 Å². The zero-order valence-electron chi connectivity index (χ0n) is 13.5. The van der Waals surface area contributed by atoms with E-state index in [1.54, 1.807) is 0 Å². The Morgan fingerprint density at radius 1 is 1.21 bits per heavy atom. The fourth-order valence-electron chi connectivity index (χ4n) is 3.43. The molecule has 4 nitrogen and oxygen atoms in total. The number of halogens is 1. The molecule has 124 valence electrons. The molecule has 0 bridgehead atoms. The minimum absolute atomic E-state index is 0.387. The minimum atomic E-state index is -1.27. The van der Waals surface area contributed by atoms with Crippen molar-refractivity contribution in [2.24, 2.45) is 5.73 Å². The summed E-state index contributed by atoms with van der Waals surface area (Å²) < 4.78 is 16.8. The fraction of sp³-hybridized carbons (Fsp3) is 0.316. The fourth-order valence-corrected chi connectivity index (χ4v) is 3.43. The smallest absolute Gasteiger partial charge is 0.148 e. The van der Waals surface area contributed by atoms with Crippen LogP contribution in [-0.2, 0) is 12.2 Å². The number of hydrogen-bond donors (Lipinski definition) is 2. The van der Waals surface area contributed by atoms with Gasteiger partial charge in [0.05, 0.1) is 11.2 Å². The summed E-state index contributed by atoms with van der Waals surface area (Å²) in [7, 11) is 0. The lowest BCUT2D eigenvalue weighted by Gasteiger charge is -2.30. The van der Waals surface area contributed by atoms with Gasteiger partial charge in [-0.05, 0) is 42.6 Å². The van der Waals surface area contributed by atoms with E-state index in [9.17, 15) is 0 Å². The van der Waals surface area contributed by atoms with Gasteiger partial charge in [-0.25, -0.2) is 9.07 Å². The van der Waals surface area contributed by atoms with Crippen LogP contribution in [0.4, 0.5) is 4.39 Å². The maximum absolute atomic E-state index is 15.0. The summed E-state index contributed by atoms with van der Waals surface area (Å²) in [5.41, 5.74) is 8.12. The summed E-state index contributed by atoms with van der Waals surface area (Å²) in [5, 5.41) is 8.85. The monoisotopic (exact) mass is 324 g/mol. The van der Waals surface area contributed by atoms with Gasteiger partial charge in [0.1, 0.15) is 5.67 Å². The second kappa shape index (κ2) is 6.00. The van der Waals surface area contributed by atoms with Crippen LogP contribution < -0.4 is 11.1 Å². The largest absolute Gasteiger partial charge is 0.326 e. The molecule has 3 aromatic rings. The van der Waals surface area contributed by atoms with E-state index >= 15 is 4.39 Å². The maximum Gasteiger partial charge on any atom is 0.148 e. The highest BCUT2D eigenvalue weighted by Gasteiger charge is 2.33. The molecule has 0 radical (unpaired) electrons. The Morgan fingerprint density at radius 2 is 2.04 bits per heavy atom. The number of alkyl halides is 1. The molecule has 1 unspecified atom stereocenters. The lowest BCUT2D eigenvalue weighted by Crippen LogP contribution is -2.40. The molecule has 5 heteroatoms. The van der Waals surface area contributed by atoms with Crippen LogP contribution in [0.3, 0.4) is 0 Å². The van der Waals surface area contributed by atoms with Crippen molar-refractivity contribution >= 4 is 10.9 Å². The van der Waals surface area contributed by atoms with E-state index in [4.69, 9.17) is 5.73 Å². The van der Waals surface area contributed by atoms with Gasteiger partial charge in [-0.2, -0.15) is 5.10 Å². The van der Waals surface area contributed by atoms with Crippen LogP contribution in [0, 0.1) is 0 Å². The number of hydrogen-bond acceptors (Lipinski definition) is 3. The summed E-state index contributed by atoms with van der Waals surface area (Å²) in [5.74, 6) is 0. The molecule has 2 heterocycles. The Kier molecular flexibility index (Phi) is 3.82. The van der Waals surface area contributed by atoms with Gasteiger partial charge in [0, 0.05) is 24.7 Å². The number of nitrogens with zero attached hydrogens (tertiary/aromatic N) is 2. The maximum atomic E-state index is 15.0. The number of piperidine rings is 1. The van der Waals surface area contributed by atoms with E-state index in [0.29, 0.717) is 19.5 Å². The molecule has 1 saturated heterocycles. The highest BCUT2D eigenvalue weighted by Crippen LogP contribution is 2.33. The molecule has 4 rings (SSSR count). The first-order chi connectivity index (χ1) is 11.7. The lowest BCUT2D eigenvalue weighted by atomic mass is 9.88. The first kappa shape index (κ1) is 15.3. The lowest BCUT2D eigenvalue weighted by molar-refractivity contribution is 0.122. The van der Waals surface area contributed by atoms with Crippen LogP contribution in [0.25, 0.3) is 16.6 Å². The summed E-state index contributed by atoms with van der Waals surface area (Å²) in [6.07, 6.45) is 3.42. The molecule has 0 saturated carbocycles. The Hall–Kier alpha value is -2.24. The molecule has 3 N–H and O–H groups in total. The summed E-state index contributed by atoms with van der Waals surface area (Å²) in [4.78, 5) is 0. The predicted molar refractivity (Wildman–Crippen MR) is 93.9 cm³/mol. The molecule has 1 fully saturated rings. The van der Waals surface area contributed by atoms with Crippen LogP contribution in [0.5, 0.6) is 0 Å². The molecule has 24 heavy (non-hydrogen) atoms. The highest BCUT2D eigenvalue weighted by atomic mass is 19.1. The Balaban J connectivity index is 1.68. The van der Waals surface area contributed by atoms with Crippen molar-refractivity contribution in [3.05, 3.63) is 59.8 Å². The molecule has 0 aliphatic carbocycles. The predicted octanol–water partition coefficient (Wildman–Crippen LogP) is 3.03. The highest BCUT2D eigenvalue weighted by molar-refractivity contribution is 5.81. The van der Waals surface area contributed by atoms with Crippen LogP contribution in [-0.4, -0.2) is 22.9 Å². The zero-order valence-corrected chi connectivity index (χ0v) is 13.5. The second-order valence-electron chi connectivity index (χ2n) is 6.43. The molecular formula is C19H21FN4. The van der Waals surface area contributed by atoms with Crippen molar-refractivity contribution in [2.45, 2.75) is 25.1 Å². The number of aromatic nitrogens is 2. The number of benzene rings is 2. The standard InChI is InChI=1S/C19H21FN4/c20-19(9-2-10-22-13-19)16-5-7-17(8-6-16)24-12-15-4-1-3-14(11-21)18(15)23-24/h1,3-8,12,22H,2,9-11,13,21H2. The SMILES string of the molecule is NCc1cccc2cn(-c3ccc(C4(F)CCCNC4)cc3)nc12. The third-order valence-electron chi connectivity index (χ3n) is 4.82. The first-order valence-electron chi connectivity index (χ1n) is 8.37. The molecule has 1 aliphatic rings. The Labute approximate surface area is 140 Å². The van der Waals surface area contributed by atoms with Crippen molar-refractivity contribution in [2.75, 3.05) is 13.1 Å². The third-order valence-corrected chi connectivity index (χ3v) is 4.82. The van der Waals surface area contributed by atoms with Crippen molar-refractivity contribution in [1.29, 1.82) is 0 Å². The minimum Gasteiger partial charge on any atom is -0.326 e. The van der Waals surface area contributed by atoms with E-state index in [1.807, 2.05) is 53.3 Å². The van der Waals surface area contributed by atoms with Gasteiger partial charge < -0.3 is 11.1 Å². The molecule has 0 spiro atoms. The van der Waals surface area contributed by atoms with Crippen LogP contribution >= 0.6 is 0 Å². The molecule has 1 atom stereocenters. The van der Waals surface area contributed by atoms with Crippen molar-refractivity contribution in [1.82, 2.24) is 15.1 Å². The number of rotatable bonds is 3. The van der Waals surface area contributed by atoms with Gasteiger partial charge in [0.2, 0.25) is 0 Å². The Bertz CT molecular complexity index is 847. The summed E-state index contributed by atoms with van der Waals surface area (Å²) in [6.45, 7) is 1.75. The topological polar surface area (TPSA) is 55.9 Å². The van der Waals surface area contributed by atoms with Crippen LogP contribution in [0.15, 0.2) is 48.7 Å². The average molecular weight is 324 g/mol. The van der Waals surface area contributed by atoms with Gasteiger partial charge >= 0.3 is 0 Å². The van der Waals surface area contributed by atoms with Crippen LogP contribution in [0.1, 0.15) is 24.0 Å². The van der Waals surface area contributed by atoms with Gasteiger partial charge in [0.25, 0.3) is 0 Å². The zero-order chi connectivity index (χ0) is 16.6. The summed E-state index contributed by atoms with van der Waals surface area (Å²) in [6, 6.07) is 13.6. The molecule has 2 aromatic carbocycles. The molecule has 1 aliphatic heterocycles. The second-order valence-corrected chi connectivity index (χ2v) is 6.43. The van der Waals surface area contributed by atoms with E-state index in [1.165, 1.54) is 0 Å². The molecule has 0 amide bonds. The third kappa shape index (κ3) is 2.60. The number of fused-ring (bicyclic) bond motifs is 1. The number of nitrogens with one attached hydrogen (secondary N) is 1. The summed E-state index contributed by atoms with van der Waals surface area (Å²) >= 11 is 0. The van der Waals surface area contributed by atoms with E-state index in [-0.39, 0.29) is 0 Å². The van der Waals surface area contributed by atoms with Gasteiger partial charge in [0.15, 0.2) is 0 Å². The quantitative estimate of drug-likeness (QED) is 0.778. The van der Waals surface area contributed by atoms with Gasteiger partial charge in [-0.15, -0.1) is 0 Å². The average Bonchev–Trinajstić information content (AvgIpc) is 3.07. The number of nitrogens with two attached hydrogens (primary N) is 1. The van der Waals surface area contributed by atoms with Crippen molar-refractivity contribution in [3.8, 4) is 5.69 Å². The van der Waals surface area contributed by atoms with Crippen LogP contribution in [0.2, 0.25) is 0 Å². The molecule has 1 aromatic heterocycles. The van der Waals surface area contributed by atoms with E-state index in [0.717, 1.165) is 40.7 Å². The van der Waals surface area contributed by atoms with Crippen molar-refractivity contribution in [3.63, 3.8) is 0 Å². The first-order valence-corrected chi connectivity index (χ1v) is 8.37. The van der Waals surface area contributed by atoms with Crippen molar-refractivity contribution < 1.29 is 4.39 Å².